The van der Waals surface area contributed by atoms with Gasteiger partial charge in [0.25, 0.3) is 0 Å². The Morgan fingerprint density at radius 2 is 2.15 bits per heavy atom. The first-order chi connectivity index (χ1) is 9.52. The molecule has 112 valence electrons. The largest absolute Gasteiger partial charge is 0.446 e. The van der Waals surface area contributed by atoms with E-state index in [-0.39, 0.29) is 6.61 Å². The molecule has 0 spiro atoms. The predicted molar refractivity (Wildman–Crippen MR) is 83.6 cm³/mol. The standard InChI is InChI=1S/C13H20FN2O2PS/c1-10-4-5-12(8-11(10)2)9-15-19(3)20-16-13(17)18-7-6-14/h4-5,8,15H,6-7,9H2,1-3H3,(H,16,17). The maximum atomic E-state index is 11.8. The van der Waals surface area contributed by atoms with Crippen molar-refractivity contribution in [2.45, 2.75) is 20.4 Å². The van der Waals surface area contributed by atoms with Gasteiger partial charge in [-0.3, -0.25) is 9.81 Å². The van der Waals surface area contributed by atoms with Crippen LogP contribution in [0.2, 0.25) is 0 Å². The molecule has 0 saturated heterocycles. The van der Waals surface area contributed by atoms with Crippen molar-refractivity contribution in [2.24, 2.45) is 0 Å². The topological polar surface area (TPSA) is 50.4 Å². The number of carbonyl (C=O) groups is 1. The monoisotopic (exact) mass is 318 g/mol. The van der Waals surface area contributed by atoms with Crippen molar-refractivity contribution in [1.82, 2.24) is 9.81 Å². The van der Waals surface area contributed by atoms with Crippen LogP contribution in [0.3, 0.4) is 0 Å². The van der Waals surface area contributed by atoms with Gasteiger partial charge in [0.1, 0.15) is 13.3 Å². The summed E-state index contributed by atoms with van der Waals surface area (Å²) < 4.78 is 18.9. The first kappa shape index (κ1) is 17.2. The van der Waals surface area contributed by atoms with Crippen molar-refractivity contribution in [3.8, 4) is 0 Å². The third-order valence-electron chi connectivity index (χ3n) is 2.65. The van der Waals surface area contributed by atoms with Gasteiger partial charge in [0.05, 0.1) is 0 Å². The zero-order valence-electron chi connectivity index (χ0n) is 11.9. The summed E-state index contributed by atoms with van der Waals surface area (Å²) in [6.07, 6.45) is -0.602. The number of hydrogen-bond acceptors (Lipinski definition) is 4. The second-order valence-corrected chi connectivity index (χ2v) is 8.16. The number of alkyl halides is 1. The zero-order chi connectivity index (χ0) is 15.0. The van der Waals surface area contributed by atoms with Crippen LogP contribution >= 0.6 is 18.8 Å². The van der Waals surface area contributed by atoms with Crippen LogP contribution in [0.5, 0.6) is 0 Å². The molecular weight excluding hydrogens is 298 g/mol. The number of halogens is 1. The van der Waals surface area contributed by atoms with Crippen LogP contribution in [0.15, 0.2) is 18.2 Å². The summed E-state index contributed by atoms with van der Waals surface area (Å²) >= 11 is 1.27. The molecule has 1 aromatic rings. The summed E-state index contributed by atoms with van der Waals surface area (Å²) in [5, 5.41) is 3.34. The van der Waals surface area contributed by atoms with Gasteiger partial charge in [0.2, 0.25) is 0 Å². The average molecular weight is 318 g/mol. The van der Waals surface area contributed by atoms with Gasteiger partial charge >= 0.3 is 6.09 Å². The quantitative estimate of drug-likeness (QED) is 0.595. The highest BCUT2D eigenvalue weighted by atomic mass is 32.7. The minimum absolute atomic E-state index is 0.204. The zero-order valence-corrected chi connectivity index (χ0v) is 13.6. The lowest BCUT2D eigenvalue weighted by Gasteiger charge is -2.14. The molecule has 20 heavy (non-hydrogen) atoms. The van der Waals surface area contributed by atoms with Gasteiger partial charge in [0, 0.05) is 13.8 Å². The minimum Gasteiger partial charge on any atom is -0.446 e. The lowest BCUT2D eigenvalue weighted by Crippen LogP contribution is -2.19. The number of benzene rings is 1. The van der Waals surface area contributed by atoms with Crippen molar-refractivity contribution in [2.75, 3.05) is 19.9 Å². The molecule has 1 atom stereocenters. The van der Waals surface area contributed by atoms with Crippen molar-refractivity contribution < 1.29 is 13.9 Å². The lowest BCUT2D eigenvalue weighted by atomic mass is 10.1. The Hall–Kier alpha value is -0.840. The Morgan fingerprint density at radius 1 is 1.40 bits per heavy atom. The molecule has 7 heteroatoms. The molecule has 0 fully saturated rings. The van der Waals surface area contributed by atoms with Crippen LogP contribution in [-0.2, 0) is 11.3 Å². The second kappa shape index (κ2) is 9.16. The third-order valence-corrected chi connectivity index (χ3v) is 5.27. The molecule has 0 aliphatic heterocycles. The number of hydrogen-bond donors (Lipinski definition) is 2. The Kier molecular flexibility index (Phi) is 7.88. The van der Waals surface area contributed by atoms with Crippen molar-refractivity contribution >= 4 is 24.9 Å². The van der Waals surface area contributed by atoms with E-state index in [9.17, 15) is 9.18 Å². The van der Waals surface area contributed by atoms with E-state index in [1.165, 1.54) is 28.3 Å². The highest BCUT2D eigenvalue weighted by Crippen LogP contribution is 2.39. The molecule has 1 rings (SSSR count). The van der Waals surface area contributed by atoms with Gasteiger partial charge < -0.3 is 4.74 Å². The molecule has 0 aromatic heterocycles. The first-order valence-corrected chi connectivity index (χ1v) is 9.43. The summed E-state index contributed by atoms with van der Waals surface area (Å²) in [7, 11) is -0.608. The number of ether oxygens (including phenoxy) is 1. The molecule has 0 saturated carbocycles. The number of nitrogens with one attached hydrogen (secondary N) is 2. The van der Waals surface area contributed by atoms with Gasteiger partial charge in [-0.05, 0) is 48.8 Å². The van der Waals surface area contributed by atoms with E-state index in [2.05, 4.69) is 46.6 Å². The van der Waals surface area contributed by atoms with E-state index >= 15 is 0 Å². The third kappa shape index (κ3) is 6.55. The first-order valence-electron chi connectivity index (χ1n) is 6.22. The molecule has 0 radical (unpaired) electrons. The molecule has 0 aliphatic carbocycles. The highest BCUT2D eigenvalue weighted by molar-refractivity contribution is 8.54. The van der Waals surface area contributed by atoms with Crippen LogP contribution < -0.4 is 9.81 Å². The second-order valence-electron chi connectivity index (χ2n) is 4.27. The molecular formula is C13H20FN2O2PS. The lowest BCUT2D eigenvalue weighted by molar-refractivity contribution is 0.144. The summed E-state index contributed by atoms with van der Waals surface area (Å²) in [5.41, 5.74) is 3.76. The molecule has 1 aromatic carbocycles. The molecule has 0 aliphatic rings. The Morgan fingerprint density at radius 3 is 2.80 bits per heavy atom. The van der Waals surface area contributed by atoms with E-state index < -0.39 is 20.0 Å². The Balaban J connectivity index is 2.27. The van der Waals surface area contributed by atoms with Gasteiger partial charge in [-0.2, -0.15) is 0 Å². The number of rotatable bonds is 7. The molecule has 2 N–H and O–H groups in total. The van der Waals surface area contributed by atoms with Crippen LogP contribution in [-0.4, -0.2) is 26.0 Å². The molecule has 0 bridgehead atoms. The fourth-order valence-corrected chi connectivity index (χ4v) is 3.18. The Labute approximate surface area is 124 Å². The summed E-state index contributed by atoms with van der Waals surface area (Å²) in [4.78, 5) is 11.1. The molecule has 4 nitrogen and oxygen atoms in total. The van der Waals surface area contributed by atoms with Gasteiger partial charge in [-0.25, -0.2) is 9.18 Å². The predicted octanol–water partition coefficient (Wildman–Crippen LogP) is 3.68. The maximum Gasteiger partial charge on any atom is 0.417 e. The molecule has 1 amide bonds. The normalized spacial score (nSPS) is 12.0. The van der Waals surface area contributed by atoms with E-state index in [0.717, 1.165) is 6.54 Å². The number of carbonyl (C=O) groups excluding carboxylic acids is 1. The van der Waals surface area contributed by atoms with Crippen molar-refractivity contribution in [3.05, 3.63) is 34.9 Å². The van der Waals surface area contributed by atoms with Crippen LogP contribution in [0.25, 0.3) is 0 Å². The fraction of sp³-hybridized carbons (Fsp3) is 0.462. The number of amides is 1. The molecule has 1 unspecified atom stereocenters. The summed E-state index contributed by atoms with van der Waals surface area (Å²) in [6.45, 7) is 6.05. The fourth-order valence-electron chi connectivity index (χ4n) is 1.41. The van der Waals surface area contributed by atoms with Crippen LogP contribution in [0, 0.1) is 13.8 Å². The van der Waals surface area contributed by atoms with Crippen molar-refractivity contribution in [3.63, 3.8) is 0 Å². The smallest absolute Gasteiger partial charge is 0.417 e. The van der Waals surface area contributed by atoms with Gasteiger partial charge in [-0.15, -0.1) is 0 Å². The minimum atomic E-state index is -0.663. The van der Waals surface area contributed by atoms with E-state index in [1.807, 2.05) is 6.66 Å². The maximum absolute atomic E-state index is 11.8. The van der Waals surface area contributed by atoms with E-state index in [4.69, 9.17) is 0 Å². The van der Waals surface area contributed by atoms with Crippen molar-refractivity contribution in [1.29, 1.82) is 0 Å². The van der Waals surface area contributed by atoms with E-state index in [1.54, 1.807) is 0 Å². The van der Waals surface area contributed by atoms with Gasteiger partial charge in [0.15, 0.2) is 0 Å². The summed E-state index contributed by atoms with van der Waals surface area (Å²) in [5.74, 6) is 0. The van der Waals surface area contributed by atoms with Gasteiger partial charge in [-0.1, -0.05) is 18.2 Å². The average Bonchev–Trinajstić information content (AvgIpc) is 2.44. The SMILES string of the molecule is Cc1ccc(CNP(C)SNC(=O)OCCF)cc1C. The van der Waals surface area contributed by atoms with Crippen LogP contribution in [0.1, 0.15) is 16.7 Å². The van der Waals surface area contributed by atoms with Crippen LogP contribution in [0.4, 0.5) is 9.18 Å². The van der Waals surface area contributed by atoms with E-state index in [0.29, 0.717) is 0 Å². The highest BCUT2D eigenvalue weighted by Gasteiger charge is 2.07. The Bertz CT molecular complexity index is 448. The number of aryl methyl sites for hydroxylation is 2. The summed E-state index contributed by atoms with van der Waals surface area (Å²) in [6, 6.07) is 6.34. The molecule has 0 heterocycles.